The van der Waals surface area contributed by atoms with E-state index in [9.17, 15) is 9.59 Å². The summed E-state index contributed by atoms with van der Waals surface area (Å²) < 4.78 is 0.886. The first-order valence-electron chi connectivity index (χ1n) is 5.40. The van der Waals surface area contributed by atoms with Gasteiger partial charge in [0.15, 0.2) is 0 Å². The summed E-state index contributed by atoms with van der Waals surface area (Å²) in [5, 5.41) is 14.3. The first-order valence-corrected chi connectivity index (χ1v) is 6.20. The molecular weight excluding hydrogens is 300 g/mol. The van der Waals surface area contributed by atoms with E-state index in [1.165, 1.54) is 6.92 Å². The van der Waals surface area contributed by atoms with Crippen LogP contribution in [-0.4, -0.2) is 29.6 Å². The Bertz CT molecular complexity index is 463. The molecule has 0 aliphatic rings. The molecule has 0 aliphatic carbocycles. The Kier molecular flexibility index (Phi) is 5.15. The molecule has 0 spiro atoms. The van der Waals surface area contributed by atoms with Crippen LogP contribution in [-0.2, 0) is 9.59 Å². The number of rotatable bonds is 5. The van der Waals surface area contributed by atoms with Crippen LogP contribution in [0.1, 0.15) is 12.5 Å². The quantitative estimate of drug-likeness (QED) is 0.774. The second kappa shape index (κ2) is 6.39. The monoisotopic (exact) mass is 314 g/mol. The zero-order valence-corrected chi connectivity index (χ0v) is 11.7. The average Bonchev–Trinajstić information content (AvgIpc) is 2.28. The van der Waals surface area contributed by atoms with Crippen molar-refractivity contribution in [2.75, 3.05) is 11.9 Å². The number of hydrogen-bond donors (Lipinski definition) is 3. The summed E-state index contributed by atoms with van der Waals surface area (Å²) in [4.78, 5) is 21.8. The van der Waals surface area contributed by atoms with Gasteiger partial charge in [-0.25, -0.2) is 4.79 Å². The van der Waals surface area contributed by atoms with Gasteiger partial charge >= 0.3 is 5.97 Å². The third kappa shape index (κ3) is 4.03. The van der Waals surface area contributed by atoms with Crippen LogP contribution in [0.3, 0.4) is 0 Å². The van der Waals surface area contributed by atoms with Crippen LogP contribution in [0, 0.1) is 6.92 Å². The van der Waals surface area contributed by atoms with Crippen molar-refractivity contribution >= 4 is 33.5 Å². The zero-order valence-electron chi connectivity index (χ0n) is 10.2. The number of carboxylic acid groups (broad SMARTS) is 1. The van der Waals surface area contributed by atoms with E-state index in [-0.39, 0.29) is 12.5 Å². The molecule has 1 rings (SSSR count). The van der Waals surface area contributed by atoms with E-state index in [2.05, 4.69) is 26.6 Å². The number of halogens is 1. The minimum absolute atomic E-state index is 0.122. The fourth-order valence-electron chi connectivity index (χ4n) is 1.44. The fraction of sp³-hybridized carbons (Fsp3) is 0.333. The topological polar surface area (TPSA) is 78.4 Å². The van der Waals surface area contributed by atoms with Gasteiger partial charge in [0.2, 0.25) is 5.91 Å². The van der Waals surface area contributed by atoms with Crippen molar-refractivity contribution in [3.63, 3.8) is 0 Å². The van der Waals surface area contributed by atoms with Gasteiger partial charge < -0.3 is 15.7 Å². The predicted octanol–water partition coefficient (Wildman–Crippen LogP) is 1.76. The van der Waals surface area contributed by atoms with E-state index < -0.39 is 12.0 Å². The van der Waals surface area contributed by atoms with Crippen molar-refractivity contribution in [2.45, 2.75) is 19.9 Å². The van der Waals surface area contributed by atoms with Gasteiger partial charge in [-0.1, -0.05) is 12.1 Å². The van der Waals surface area contributed by atoms with Crippen molar-refractivity contribution in [2.24, 2.45) is 0 Å². The number of nitrogens with one attached hydrogen (secondary N) is 2. The molecule has 6 heteroatoms. The molecule has 0 aliphatic heterocycles. The van der Waals surface area contributed by atoms with Gasteiger partial charge in [0.05, 0.1) is 0 Å². The van der Waals surface area contributed by atoms with E-state index in [1.54, 1.807) is 0 Å². The van der Waals surface area contributed by atoms with Gasteiger partial charge in [-0.2, -0.15) is 0 Å². The summed E-state index contributed by atoms with van der Waals surface area (Å²) in [6.45, 7) is 3.35. The highest BCUT2D eigenvalue weighted by atomic mass is 79.9. The predicted molar refractivity (Wildman–Crippen MR) is 72.6 cm³/mol. The van der Waals surface area contributed by atoms with E-state index in [0.717, 1.165) is 15.7 Å². The summed E-state index contributed by atoms with van der Waals surface area (Å²) in [7, 11) is 0. The van der Waals surface area contributed by atoms with E-state index in [1.807, 2.05) is 25.1 Å². The Morgan fingerprint density at radius 3 is 2.67 bits per heavy atom. The maximum atomic E-state index is 10.9. The average molecular weight is 315 g/mol. The van der Waals surface area contributed by atoms with Crippen LogP contribution in [0.15, 0.2) is 22.7 Å². The minimum Gasteiger partial charge on any atom is -0.480 e. The van der Waals surface area contributed by atoms with Crippen LogP contribution < -0.4 is 10.6 Å². The highest BCUT2D eigenvalue weighted by molar-refractivity contribution is 9.10. The number of aliphatic carboxylic acids is 1. The lowest BCUT2D eigenvalue weighted by Gasteiger charge is -2.16. The largest absolute Gasteiger partial charge is 0.480 e. The van der Waals surface area contributed by atoms with Gasteiger partial charge in [-0.15, -0.1) is 0 Å². The second-order valence-electron chi connectivity index (χ2n) is 3.91. The van der Waals surface area contributed by atoms with Gasteiger partial charge in [-0.05, 0) is 34.5 Å². The van der Waals surface area contributed by atoms with Crippen molar-refractivity contribution in [1.82, 2.24) is 5.32 Å². The standard InChI is InChI=1S/C12H15BrN2O3/c1-7-4-3-5-9(11(7)13)14-6-10(12(17)18)15-8(2)16/h3-5,10,14H,6H2,1-2H3,(H,15,16)(H,17,18). The first kappa shape index (κ1) is 14.5. The Hall–Kier alpha value is -1.56. The van der Waals surface area contributed by atoms with Gasteiger partial charge in [0.1, 0.15) is 6.04 Å². The van der Waals surface area contributed by atoms with Crippen molar-refractivity contribution in [3.8, 4) is 0 Å². The van der Waals surface area contributed by atoms with Crippen LogP contribution in [0.5, 0.6) is 0 Å². The Morgan fingerprint density at radius 1 is 1.44 bits per heavy atom. The molecule has 5 nitrogen and oxygen atoms in total. The van der Waals surface area contributed by atoms with E-state index >= 15 is 0 Å². The van der Waals surface area contributed by atoms with Crippen molar-refractivity contribution in [1.29, 1.82) is 0 Å². The number of aryl methyl sites for hydroxylation is 1. The van der Waals surface area contributed by atoms with Gasteiger partial charge in [-0.3, -0.25) is 4.79 Å². The molecule has 3 N–H and O–H groups in total. The molecule has 1 unspecified atom stereocenters. The number of carbonyl (C=O) groups is 2. The van der Waals surface area contributed by atoms with Crippen LogP contribution in [0.4, 0.5) is 5.69 Å². The number of benzene rings is 1. The molecule has 0 heterocycles. The molecule has 1 aromatic rings. The maximum absolute atomic E-state index is 10.9. The van der Waals surface area contributed by atoms with Crippen molar-refractivity contribution in [3.05, 3.63) is 28.2 Å². The molecule has 1 aromatic carbocycles. The molecule has 1 atom stereocenters. The van der Waals surface area contributed by atoms with Crippen molar-refractivity contribution < 1.29 is 14.7 Å². The molecule has 0 radical (unpaired) electrons. The van der Waals surface area contributed by atoms with Crippen LogP contribution in [0.2, 0.25) is 0 Å². The smallest absolute Gasteiger partial charge is 0.328 e. The Balaban J connectivity index is 2.70. The summed E-state index contributed by atoms with van der Waals surface area (Å²) >= 11 is 3.42. The lowest BCUT2D eigenvalue weighted by Crippen LogP contribution is -2.44. The molecular formula is C12H15BrN2O3. The number of anilines is 1. The van der Waals surface area contributed by atoms with Gasteiger partial charge in [0.25, 0.3) is 0 Å². The lowest BCUT2D eigenvalue weighted by molar-refractivity contribution is -0.141. The third-order valence-corrected chi connectivity index (χ3v) is 3.42. The lowest BCUT2D eigenvalue weighted by atomic mass is 10.2. The SMILES string of the molecule is CC(=O)NC(CNc1cccc(C)c1Br)C(=O)O. The molecule has 0 saturated carbocycles. The number of carbonyl (C=O) groups excluding carboxylic acids is 1. The van der Waals surface area contributed by atoms with E-state index in [0.29, 0.717) is 0 Å². The molecule has 98 valence electrons. The third-order valence-electron chi connectivity index (χ3n) is 2.36. The highest BCUT2D eigenvalue weighted by Crippen LogP contribution is 2.25. The second-order valence-corrected chi connectivity index (χ2v) is 4.70. The zero-order chi connectivity index (χ0) is 13.7. The summed E-state index contributed by atoms with van der Waals surface area (Å²) in [6, 6.07) is 4.70. The minimum atomic E-state index is -1.07. The molecule has 0 fully saturated rings. The maximum Gasteiger partial charge on any atom is 0.328 e. The Labute approximate surface area is 114 Å². The number of carboxylic acids is 1. The first-order chi connectivity index (χ1) is 8.41. The summed E-state index contributed by atoms with van der Waals surface area (Å²) in [5.41, 5.74) is 1.85. The summed E-state index contributed by atoms with van der Waals surface area (Å²) in [6.07, 6.45) is 0. The molecule has 0 aromatic heterocycles. The molecule has 0 bridgehead atoms. The number of amides is 1. The van der Waals surface area contributed by atoms with Gasteiger partial charge in [0, 0.05) is 23.6 Å². The normalized spacial score (nSPS) is 11.7. The summed E-state index contributed by atoms with van der Waals surface area (Å²) in [5.74, 6) is -1.44. The Morgan fingerprint density at radius 2 is 2.11 bits per heavy atom. The molecule has 0 saturated heterocycles. The van der Waals surface area contributed by atoms with Crippen LogP contribution in [0.25, 0.3) is 0 Å². The molecule has 18 heavy (non-hydrogen) atoms. The van der Waals surface area contributed by atoms with Crippen LogP contribution >= 0.6 is 15.9 Å². The highest BCUT2D eigenvalue weighted by Gasteiger charge is 2.18. The molecule has 1 amide bonds. The fourth-order valence-corrected chi connectivity index (χ4v) is 1.85. The number of hydrogen-bond acceptors (Lipinski definition) is 3. The van der Waals surface area contributed by atoms with E-state index in [4.69, 9.17) is 5.11 Å².